The van der Waals surface area contributed by atoms with Gasteiger partial charge in [0, 0.05) is 61.5 Å². The zero-order valence-electron chi connectivity index (χ0n) is 20.9. The van der Waals surface area contributed by atoms with E-state index < -0.39 is 0 Å². The first kappa shape index (κ1) is 22.8. The van der Waals surface area contributed by atoms with E-state index in [-0.39, 0.29) is 12.0 Å². The number of pyridine rings is 1. The first-order chi connectivity index (χ1) is 17.4. The summed E-state index contributed by atoms with van der Waals surface area (Å²) in [7, 11) is 0. The number of nitrogens with zero attached hydrogens (tertiary/aromatic N) is 6. The molecule has 36 heavy (non-hydrogen) atoms. The molecule has 0 radical (unpaired) electrons. The number of piperazine rings is 1. The summed E-state index contributed by atoms with van der Waals surface area (Å²) in [5, 5.41) is 3.87. The Morgan fingerprint density at radius 2 is 1.97 bits per heavy atom. The number of hydrogen-bond acceptors (Lipinski definition) is 7. The molecular weight excluding hydrogens is 454 g/mol. The summed E-state index contributed by atoms with van der Waals surface area (Å²) in [4.78, 5) is 34.3. The summed E-state index contributed by atoms with van der Waals surface area (Å²) in [6, 6.07) is 10.7. The highest BCUT2D eigenvalue weighted by Crippen LogP contribution is 2.33. The zero-order valence-corrected chi connectivity index (χ0v) is 20.9. The van der Waals surface area contributed by atoms with Gasteiger partial charge >= 0.3 is 0 Å². The number of aromatic amines is 1. The van der Waals surface area contributed by atoms with Gasteiger partial charge in [-0.05, 0) is 69.5 Å². The van der Waals surface area contributed by atoms with E-state index in [1.807, 2.05) is 24.4 Å². The summed E-state index contributed by atoms with van der Waals surface area (Å²) in [5.74, 6) is 2.61. The minimum Gasteiger partial charge on any atom is -0.342 e. The Hall–Kier alpha value is -3.59. The summed E-state index contributed by atoms with van der Waals surface area (Å²) in [5.41, 5.74) is 4.88. The number of fused-ring (bicyclic) bond motifs is 1. The van der Waals surface area contributed by atoms with Crippen molar-refractivity contribution in [3.05, 3.63) is 59.4 Å². The fraction of sp³-hybridized carbons (Fsp3) is 0.444. The molecule has 1 aromatic carbocycles. The molecule has 9 heteroatoms. The molecule has 3 aromatic heterocycles. The molecule has 6 rings (SSSR count). The number of H-pyrrole nitrogens is 1. The van der Waals surface area contributed by atoms with Gasteiger partial charge in [0.25, 0.3) is 5.89 Å². The molecule has 1 amide bonds. The Bertz CT molecular complexity index is 1410. The number of carbonyl (C=O) groups is 1. The number of imidazole rings is 1. The standard InChI is InChI=1S/C27H31N7O2/c1-16-14-34(27(35)20-4-5-20)17(2)13-33(16)15-19-8-9-28-22(10-19)12-25-30-23-7-6-21(11-24(23)31-25)26-29-18(3)32-36-26/h6-11,16-17,20H,4-5,12-15H2,1-3H3,(H,30,31)/t16-,17+/m0/s1. The predicted octanol–water partition coefficient (Wildman–Crippen LogP) is 3.74. The number of carbonyl (C=O) groups excluding carboxylic acids is 1. The van der Waals surface area contributed by atoms with Gasteiger partial charge in [-0.3, -0.25) is 14.7 Å². The van der Waals surface area contributed by atoms with Crippen LogP contribution in [0.2, 0.25) is 0 Å². The Labute approximate surface area is 209 Å². The van der Waals surface area contributed by atoms with Gasteiger partial charge in [0.2, 0.25) is 5.91 Å². The molecule has 0 unspecified atom stereocenters. The van der Waals surface area contributed by atoms with E-state index in [4.69, 9.17) is 9.51 Å². The molecule has 4 heterocycles. The van der Waals surface area contributed by atoms with Gasteiger partial charge < -0.3 is 14.4 Å². The van der Waals surface area contributed by atoms with Gasteiger partial charge in [0.05, 0.1) is 11.0 Å². The van der Waals surface area contributed by atoms with E-state index in [2.05, 4.69) is 55.9 Å². The molecule has 1 saturated heterocycles. The number of nitrogens with one attached hydrogen (secondary N) is 1. The van der Waals surface area contributed by atoms with Crippen molar-refractivity contribution in [3.63, 3.8) is 0 Å². The molecular formula is C27H31N7O2. The summed E-state index contributed by atoms with van der Waals surface area (Å²) in [6.07, 6.45) is 4.62. The second-order valence-electron chi connectivity index (χ2n) is 10.3. The van der Waals surface area contributed by atoms with Crippen LogP contribution in [-0.2, 0) is 17.8 Å². The number of hydrogen-bond donors (Lipinski definition) is 1. The van der Waals surface area contributed by atoms with Crippen LogP contribution in [0, 0.1) is 12.8 Å². The predicted molar refractivity (Wildman–Crippen MR) is 135 cm³/mol. The van der Waals surface area contributed by atoms with E-state index in [9.17, 15) is 4.79 Å². The van der Waals surface area contributed by atoms with Gasteiger partial charge in [-0.1, -0.05) is 5.16 Å². The first-order valence-electron chi connectivity index (χ1n) is 12.7. The summed E-state index contributed by atoms with van der Waals surface area (Å²) < 4.78 is 5.29. The van der Waals surface area contributed by atoms with Crippen molar-refractivity contribution >= 4 is 16.9 Å². The third-order valence-electron chi connectivity index (χ3n) is 7.25. The van der Waals surface area contributed by atoms with Crippen molar-refractivity contribution in [1.29, 1.82) is 0 Å². The average molecular weight is 486 g/mol. The van der Waals surface area contributed by atoms with Crippen LogP contribution in [0.4, 0.5) is 0 Å². The fourth-order valence-electron chi connectivity index (χ4n) is 5.11. The Kier molecular flexibility index (Phi) is 5.79. The quantitative estimate of drug-likeness (QED) is 0.444. The zero-order chi connectivity index (χ0) is 24.8. The normalized spacial score (nSPS) is 20.8. The van der Waals surface area contributed by atoms with Gasteiger partial charge in [-0.2, -0.15) is 4.98 Å². The van der Waals surface area contributed by atoms with Crippen LogP contribution in [-0.4, -0.2) is 66.0 Å². The Balaban J connectivity index is 1.14. The number of amides is 1. The lowest BCUT2D eigenvalue weighted by Gasteiger charge is -2.44. The Morgan fingerprint density at radius 1 is 1.11 bits per heavy atom. The molecule has 9 nitrogen and oxygen atoms in total. The van der Waals surface area contributed by atoms with Crippen molar-refractivity contribution in [2.24, 2.45) is 5.92 Å². The third-order valence-corrected chi connectivity index (χ3v) is 7.25. The molecule has 1 N–H and O–H groups in total. The SMILES string of the molecule is Cc1noc(-c2ccc3nc(Cc4cc(CN5C[C@@H](C)N(C(=O)C6CC6)C[C@@H]5C)ccn4)[nH]c3c2)n1. The fourth-order valence-corrected chi connectivity index (χ4v) is 5.11. The highest BCUT2D eigenvalue weighted by Gasteiger charge is 2.39. The van der Waals surface area contributed by atoms with Gasteiger partial charge in [-0.15, -0.1) is 0 Å². The summed E-state index contributed by atoms with van der Waals surface area (Å²) in [6.45, 7) is 8.74. The molecule has 186 valence electrons. The van der Waals surface area contributed by atoms with Crippen molar-refractivity contribution in [2.75, 3.05) is 13.1 Å². The van der Waals surface area contributed by atoms with E-state index in [1.54, 1.807) is 6.92 Å². The lowest BCUT2D eigenvalue weighted by Crippen LogP contribution is -2.58. The van der Waals surface area contributed by atoms with Gasteiger partial charge in [-0.25, -0.2) is 4.98 Å². The molecule has 0 bridgehead atoms. The Morgan fingerprint density at radius 3 is 2.75 bits per heavy atom. The van der Waals surface area contributed by atoms with Gasteiger partial charge in [0.1, 0.15) is 5.82 Å². The second kappa shape index (κ2) is 9.13. The van der Waals surface area contributed by atoms with Crippen LogP contribution in [0.5, 0.6) is 0 Å². The van der Waals surface area contributed by atoms with E-state index in [0.717, 1.165) is 60.6 Å². The molecule has 1 aliphatic heterocycles. The lowest BCUT2D eigenvalue weighted by molar-refractivity contribution is -0.138. The molecule has 2 fully saturated rings. The number of benzene rings is 1. The first-order valence-corrected chi connectivity index (χ1v) is 12.7. The van der Waals surface area contributed by atoms with Crippen LogP contribution in [0.25, 0.3) is 22.5 Å². The van der Waals surface area contributed by atoms with Crippen molar-refractivity contribution in [3.8, 4) is 11.5 Å². The molecule has 2 atom stereocenters. The molecule has 1 aliphatic carbocycles. The number of rotatable bonds is 6. The van der Waals surface area contributed by atoms with E-state index >= 15 is 0 Å². The topological polar surface area (TPSA) is 104 Å². The van der Waals surface area contributed by atoms with E-state index in [1.165, 1.54) is 5.56 Å². The van der Waals surface area contributed by atoms with Gasteiger partial charge in [0.15, 0.2) is 5.82 Å². The van der Waals surface area contributed by atoms with Crippen molar-refractivity contribution < 1.29 is 9.32 Å². The highest BCUT2D eigenvalue weighted by atomic mass is 16.5. The third kappa shape index (κ3) is 4.63. The minimum atomic E-state index is 0.243. The van der Waals surface area contributed by atoms with Crippen LogP contribution in [0.3, 0.4) is 0 Å². The van der Waals surface area contributed by atoms with Crippen molar-refractivity contribution in [2.45, 2.75) is 58.7 Å². The number of aryl methyl sites for hydroxylation is 1. The lowest BCUT2D eigenvalue weighted by atomic mass is 10.1. The smallest absolute Gasteiger partial charge is 0.257 e. The van der Waals surface area contributed by atoms with Crippen LogP contribution >= 0.6 is 0 Å². The molecule has 2 aliphatic rings. The minimum absolute atomic E-state index is 0.243. The molecule has 4 aromatic rings. The second-order valence-corrected chi connectivity index (χ2v) is 10.3. The van der Waals surface area contributed by atoms with Crippen LogP contribution < -0.4 is 0 Å². The molecule has 0 spiro atoms. The summed E-state index contributed by atoms with van der Waals surface area (Å²) >= 11 is 0. The maximum Gasteiger partial charge on any atom is 0.257 e. The maximum atomic E-state index is 12.6. The molecule has 1 saturated carbocycles. The monoisotopic (exact) mass is 485 g/mol. The van der Waals surface area contributed by atoms with Crippen LogP contribution in [0.1, 0.15) is 49.6 Å². The largest absolute Gasteiger partial charge is 0.342 e. The van der Waals surface area contributed by atoms with Crippen LogP contribution in [0.15, 0.2) is 41.1 Å². The maximum absolute atomic E-state index is 12.6. The number of aromatic nitrogens is 5. The highest BCUT2D eigenvalue weighted by molar-refractivity contribution is 5.81. The van der Waals surface area contributed by atoms with Crippen molar-refractivity contribution in [1.82, 2.24) is 34.9 Å². The average Bonchev–Trinajstić information content (AvgIpc) is 3.50. The van der Waals surface area contributed by atoms with E-state index in [0.29, 0.717) is 30.1 Å².